The summed E-state index contributed by atoms with van der Waals surface area (Å²) in [6.45, 7) is 15.6. The summed E-state index contributed by atoms with van der Waals surface area (Å²) in [6.07, 6.45) is 0. The lowest BCUT2D eigenvalue weighted by Gasteiger charge is -2.30. The summed E-state index contributed by atoms with van der Waals surface area (Å²) in [4.78, 5) is 2.48. The molecule has 0 saturated heterocycles. The van der Waals surface area contributed by atoms with E-state index in [0.29, 0.717) is 5.75 Å². The molecule has 0 aromatic heterocycles. The van der Waals surface area contributed by atoms with Gasteiger partial charge >= 0.3 is 0 Å². The number of nitrogens with zero attached hydrogens (tertiary/aromatic N) is 1. The summed E-state index contributed by atoms with van der Waals surface area (Å²) in [6, 6.07) is 25.7. The summed E-state index contributed by atoms with van der Waals surface area (Å²) in [5.74, 6) is 0.446. The molecule has 0 saturated carbocycles. The molecule has 0 fully saturated rings. The quantitative estimate of drug-likeness (QED) is 0.460. The third-order valence-corrected chi connectivity index (χ3v) is 5.69. The topological polar surface area (TPSA) is 23.5 Å². The van der Waals surface area contributed by atoms with Gasteiger partial charge in [-0.05, 0) is 38.6 Å². The van der Waals surface area contributed by atoms with Crippen molar-refractivity contribution in [3.05, 3.63) is 101 Å². The van der Waals surface area contributed by atoms with Gasteiger partial charge < -0.3 is 5.11 Å². The van der Waals surface area contributed by atoms with Crippen molar-refractivity contribution in [1.29, 1.82) is 0 Å². The van der Waals surface area contributed by atoms with E-state index in [2.05, 4.69) is 119 Å². The van der Waals surface area contributed by atoms with E-state index >= 15 is 0 Å². The van der Waals surface area contributed by atoms with Crippen LogP contribution in [0.3, 0.4) is 0 Å². The molecule has 0 spiro atoms. The molecule has 0 amide bonds. The third-order valence-electron chi connectivity index (χ3n) is 5.69. The molecule has 0 unspecified atom stereocenters. The highest BCUT2D eigenvalue weighted by molar-refractivity contribution is 5.50. The fourth-order valence-corrected chi connectivity index (χ4v) is 4.04. The first-order valence-corrected chi connectivity index (χ1v) is 11.2. The summed E-state index contributed by atoms with van der Waals surface area (Å²) in [5, 5.41) is 11.1. The molecular weight excluding hydrogens is 378 g/mol. The van der Waals surface area contributed by atoms with Crippen LogP contribution in [-0.2, 0) is 30.5 Å². The summed E-state index contributed by atoms with van der Waals surface area (Å²) >= 11 is 0. The zero-order valence-corrected chi connectivity index (χ0v) is 19.9. The van der Waals surface area contributed by atoms with Gasteiger partial charge in [0.25, 0.3) is 0 Å². The Morgan fingerprint density at radius 1 is 0.581 bits per heavy atom. The highest BCUT2D eigenvalue weighted by Gasteiger charge is 2.27. The number of benzene rings is 3. The lowest BCUT2D eigenvalue weighted by Crippen LogP contribution is -2.24. The van der Waals surface area contributed by atoms with Gasteiger partial charge in [0, 0.05) is 19.6 Å². The minimum absolute atomic E-state index is 0.121. The fourth-order valence-electron chi connectivity index (χ4n) is 4.04. The Balaban J connectivity index is 1.99. The van der Waals surface area contributed by atoms with Crippen LogP contribution in [0.2, 0.25) is 0 Å². The van der Waals surface area contributed by atoms with Crippen molar-refractivity contribution in [3.8, 4) is 5.75 Å². The van der Waals surface area contributed by atoms with E-state index in [4.69, 9.17) is 0 Å². The Bertz CT molecular complexity index is 902. The molecule has 0 aliphatic heterocycles. The van der Waals surface area contributed by atoms with E-state index in [1.54, 1.807) is 0 Å². The Labute approximate surface area is 188 Å². The third kappa shape index (κ3) is 6.21. The first-order valence-electron chi connectivity index (χ1n) is 11.2. The average molecular weight is 416 g/mol. The standard InChI is InChI=1S/C29H37NO/c1-28(2,3)25-17-24(18-26(27(25)31)29(4,5)6)21-30(19-22-13-9-7-10-14-22)20-23-15-11-8-12-16-23/h7-18,31H,19-21H2,1-6H3. The van der Waals surface area contributed by atoms with Crippen LogP contribution in [0.15, 0.2) is 72.8 Å². The maximum absolute atomic E-state index is 11.1. The fraction of sp³-hybridized carbons (Fsp3) is 0.379. The van der Waals surface area contributed by atoms with Crippen LogP contribution in [0.1, 0.15) is 69.4 Å². The van der Waals surface area contributed by atoms with E-state index in [1.807, 2.05) is 0 Å². The minimum atomic E-state index is -0.121. The van der Waals surface area contributed by atoms with Crippen LogP contribution >= 0.6 is 0 Å². The minimum Gasteiger partial charge on any atom is -0.507 e. The normalized spacial score (nSPS) is 12.4. The first-order chi connectivity index (χ1) is 14.5. The molecule has 3 rings (SSSR count). The molecule has 164 valence electrons. The van der Waals surface area contributed by atoms with Crippen molar-refractivity contribution in [2.45, 2.75) is 72.0 Å². The molecule has 3 aromatic rings. The summed E-state index contributed by atoms with van der Waals surface area (Å²) < 4.78 is 0. The molecule has 2 nitrogen and oxygen atoms in total. The van der Waals surface area contributed by atoms with Crippen molar-refractivity contribution in [2.75, 3.05) is 0 Å². The maximum Gasteiger partial charge on any atom is 0.123 e. The van der Waals surface area contributed by atoms with E-state index in [-0.39, 0.29) is 10.8 Å². The van der Waals surface area contributed by atoms with Crippen molar-refractivity contribution in [2.24, 2.45) is 0 Å². The van der Waals surface area contributed by atoms with Gasteiger partial charge in [-0.15, -0.1) is 0 Å². The molecule has 0 bridgehead atoms. The molecule has 1 N–H and O–H groups in total. The van der Waals surface area contributed by atoms with E-state index in [1.165, 1.54) is 16.7 Å². The summed E-state index contributed by atoms with van der Waals surface area (Å²) in [7, 11) is 0. The largest absolute Gasteiger partial charge is 0.507 e. The van der Waals surface area contributed by atoms with Crippen molar-refractivity contribution in [3.63, 3.8) is 0 Å². The maximum atomic E-state index is 11.1. The van der Waals surface area contributed by atoms with Crippen LogP contribution in [0.4, 0.5) is 0 Å². The second-order valence-electron chi connectivity index (χ2n) is 10.7. The van der Waals surface area contributed by atoms with Crippen molar-refractivity contribution in [1.82, 2.24) is 4.90 Å². The van der Waals surface area contributed by atoms with Gasteiger partial charge in [0.05, 0.1) is 0 Å². The summed E-state index contributed by atoms with van der Waals surface area (Å²) in [5.41, 5.74) is 5.67. The van der Waals surface area contributed by atoms with Crippen molar-refractivity contribution < 1.29 is 5.11 Å². The van der Waals surface area contributed by atoms with E-state index in [9.17, 15) is 5.11 Å². The number of phenols is 1. The van der Waals surface area contributed by atoms with Crippen LogP contribution in [0, 0.1) is 0 Å². The molecule has 31 heavy (non-hydrogen) atoms. The molecule has 0 atom stereocenters. The Morgan fingerprint density at radius 2 is 0.935 bits per heavy atom. The van der Waals surface area contributed by atoms with Crippen LogP contribution in [-0.4, -0.2) is 10.0 Å². The molecule has 2 heteroatoms. The molecule has 0 radical (unpaired) electrons. The van der Waals surface area contributed by atoms with Crippen LogP contribution in [0.5, 0.6) is 5.75 Å². The molecule has 0 aliphatic rings. The van der Waals surface area contributed by atoms with Gasteiger partial charge in [-0.25, -0.2) is 0 Å². The van der Waals surface area contributed by atoms with Gasteiger partial charge in [0.2, 0.25) is 0 Å². The SMILES string of the molecule is CC(C)(C)c1cc(CN(Cc2ccccc2)Cc2ccccc2)cc(C(C)(C)C)c1O. The zero-order chi connectivity index (χ0) is 22.6. The van der Waals surface area contributed by atoms with Gasteiger partial charge in [-0.3, -0.25) is 4.90 Å². The number of hydrogen-bond acceptors (Lipinski definition) is 2. The van der Waals surface area contributed by atoms with Crippen LogP contribution < -0.4 is 0 Å². The van der Waals surface area contributed by atoms with Gasteiger partial charge in [-0.1, -0.05) is 114 Å². The van der Waals surface area contributed by atoms with Crippen LogP contribution in [0.25, 0.3) is 0 Å². The average Bonchev–Trinajstić information content (AvgIpc) is 2.69. The second kappa shape index (κ2) is 9.28. The second-order valence-corrected chi connectivity index (χ2v) is 10.7. The number of rotatable bonds is 6. The predicted octanol–water partition coefficient (Wildman–Crippen LogP) is 7.19. The molecule has 3 aromatic carbocycles. The Hall–Kier alpha value is -2.58. The Kier molecular flexibility index (Phi) is 6.91. The molecule has 0 heterocycles. The predicted molar refractivity (Wildman–Crippen MR) is 131 cm³/mol. The smallest absolute Gasteiger partial charge is 0.123 e. The van der Waals surface area contributed by atoms with Gasteiger partial charge in [0.15, 0.2) is 0 Å². The van der Waals surface area contributed by atoms with Crippen molar-refractivity contribution >= 4 is 0 Å². The molecular formula is C29H37NO. The highest BCUT2D eigenvalue weighted by Crippen LogP contribution is 2.40. The lowest BCUT2D eigenvalue weighted by molar-refractivity contribution is 0.247. The number of hydrogen-bond donors (Lipinski definition) is 1. The monoisotopic (exact) mass is 415 g/mol. The number of aromatic hydroxyl groups is 1. The first kappa shape index (κ1) is 23.1. The Morgan fingerprint density at radius 3 is 1.29 bits per heavy atom. The van der Waals surface area contributed by atoms with Gasteiger partial charge in [-0.2, -0.15) is 0 Å². The zero-order valence-electron chi connectivity index (χ0n) is 19.9. The van der Waals surface area contributed by atoms with Gasteiger partial charge in [0.1, 0.15) is 5.75 Å². The molecule has 0 aliphatic carbocycles. The van der Waals surface area contributed by atoms with E-state index < -0.39 is 0 Å². The van der Waals surface area contributed by atoms with E-state index in [0.717, 1.165) is 30.8 Å². The highest BCUT2D eigenvalue weighted by atomic mass is 16.3. The number of phenolic OH excluding ortho intramolecular Hbond substituents is 1. The lowest BCUT2D eigenvalue weighted by atomic mass is 9.78.